The van der Waals surface area contributed by atoms with E-state index in [1.807, 2.05) is 49.6 Å². The number of carbonyl (C=O) groups is 1. The van der Waals surface area contributed by atoms with Crippen molar-refractivity contribution in [1.82, 2.24) is 4.98 Å². The smallest absolute Gasteiger partial charge is 0.260 e. The van der Waals surface area contributed by atoms with Crippen LogP contribution in [0.5, 0.6) is 0 Å². The Kier molecular flexibility index (Phi) is 5.92. The van der Waals surface area contributed by atoms with E-state index in [1.165, 1.54) is 11.3 Å². The molecule has 0 spiro atoms. The third kappa shape index (κ3) is 4.06. The van der Waals surface area contributed by atoms with Crippen LogP contribution in [0.2, 0.25) is 5.02 Å². The van der Waals surface area contributed by atoms with E-state index in [0.29, 0.717) is 22.3 Å². The van der Waals surface area contributed by atoms with Crippen LogP contribution >= 0.6 is 34.7 Å². The molecule has 1 unspecified atom stereocenters. The Hall–Kier alpha value is -1.60. The van der Waals surface area contributed by atoms with Gasteiger partial charge < -0.3 is 4.74 Å². The van der Waals surface area contributed by atoms with Crippen LogP contribution < -0.4 is 4.90 Å². The zero-order chi connectivity index (χ0) is 19.7. The quantitative estimate of drug-likeness (QED) is 0.477. The molecular formula is C21H21ClN2O2S2. The number of aryl methyl sites for hydroxylation is 1. The minimum Gasteiger partial charge on any atom is -0.376 e. The maximum Gasteiger partial charge on any atom is 0.260 e. The van der Waals surface area contributed by atoms with Crippen LogP contribution in [0.25, 0.3) is 10.2 Å². The van der Waals surface area contributed by atoms with Gasteiger partial charge in [0.1, 0.15) is 0 Å². The second kappa shape index (κ2) is 8.41. The SMILES string of the molecule is CSc1ccc(C(=O)N(CC2CCCO2)c2nc3c(C)cc(Cl)cc3s2)cc1. The monoisotopic (exact) mass is 432 g/mol. The summed E-state index contributed by atoms with van der Waals surface area (Å²) in [5.74, 6) is -0.0500. The highest BCUT2D eigenvalue weighted by molar-refractivity contribution is 7.98. The number of anilines is 1. The molecule has 7 heteroatoms. The summed E-state index contributed by atoms with van der Waals surface area (Å²) in [6, 6.07) is 11.5. The fraction of sp³-hybridized carbons (Fsp3) is 0.333. The number of thiazole rings is 1. The summed E-state index contributed by atoms with van der Waals surface area (Å²) >= 11 is 9.37. The molecule has 1 aliphatic rings. The first kappa shape index (κ1) is 19.7. The van der Waals surface area contributed by atoms with Crippen LogP contribution in [-0.4, -0.2) is 36.4 Å². The predicted molar refractivity (Wildman–Crippen MR) is 118 cm³/mol. The lowest BCUT2D eigenvalue weighted by atomic mass is 10.2. The molecule has 4 rings (SSSR count). The molecular weight excluding hydrogens is 412 g/mol. The summed E-state index contributed by atoms with van der Waals surface area (Å²) in [6.45, 7) is 3.25. The number of nitrogens with zero attached hydrogens (tertiary/aromatic N) is 2. The lowest BCUT2D eigenvalue weighted by molar-refractivity contribution is 0.0917. The van der Waals surface area contributed by atoms with Crippen LogP contribution in [0.1, 0.15) is 28.8 Å². The average molecular weight is 433 g/mol. The molecule has 4 nitrogen and oxygen atoms in total. The number of thioether (sulfide) groups is 1. The van der Waals surface area contributed by atoms with Crippen molar-refractivity contribution in [3.63, 3.8) is 0 Å². The van der Waals surface area contributed by atoms with Gasteiger partial charge in [0, 0.05) is 22.1 Å². The van der Waals surface area contributed by atoms with Gasteiger partial charge in [-0.3, -0.25) is 9.69 Å². The zero-order valence-electron chi connectivity index (χ0n) is 15.8. The normalized spacial score (nSPS) is 16.6. The number of fused-ring (bicyclic) bond motifs is 1. The van der Waals surface area contributed by atoms with Gasteiger partial charge in [-0.2, -0.15) is 0 Å². The Balaban J connectivity index is 1.72. The van der Waals surface area contributed by atoms with E-state index in [4.69, 9.17) is 21.3 Å². The number of ether oxygens (including phenoxy) is 1. The number of halogens is 1. The molecule has 1 aliphatic heterocycles. The second-order valence-electron chi connectivity index (χ2n) is 6.85. The van der Waals surface area contributed by atoms with Crippen LogP contribution in [0, 0.1) is 6.92 Å². The Bertz CT molecular complexity index is 998. The molecule has 146 valence electrons. The van der Waals surface area contributed by atoms with Gasteiger partial charge in [-0.1, -0.05) is 22.9 Å². The van der Waals surface area contributed by atoms with Gasteiger partial charge in [-0.15, -0.1) is 11.8 Å². The van der Waals surface area contributed by atoms with Crippen LogP contribution in [0.3, 0.4) is 0 Å². The van der Waals surface area contributed by atoms with Gasteiger partial charge in [0.25, 0.3) is 5.91 Å². The van der Waals surface area contributed by atoms with E-state index < -0.39 is 0 Å². The number of carbonyl (C=O) groups excluding carboxylic acids is 1. The van der Waals surface area contributed by atoms with E-state index in [0.717, 1.165) is 40.1 Å². The molecule has 2 aromatic carbocycles. The number of amides is 1. The third-order valence-corrected chi connectivity index (χ3v) is 6.85. The minimum atomic E-state index is -0.0500. The molecule has 0 saturated carbocycles. The summed E-state index contributed by atoms with van der Waals surface area (Å²) in [4.78, 5) is 21.0. The van der Waals surface area contributed by atoms with Gasteiger partial charge >= 0.3 is 0 Å². The summed E-state index contributed by atoms with van der Waals surface area (Å²) in [5, 5.41) is 1.37. The van der Waals surface area contributed by atoms with Crippen LogP contribution in [0.4, 0.5) is 5.13 Å². The number of benzene rings is 2. The molecule has 1 saturated heterocycles. The maximum absolute atomic E-state index is 13.4. The van der Waals surface area contributed by atoms with Crippen molar-refractivity contribution in [2.75, 3.05) is 24.3 Å². The summed E-state index contributed by atoms with van der Waals surface area (Å²) in [5.41, 5.74) is 2.57. The number of rotatable bonds is 5. The molecule has 2 heterocycles. The van der Waals surface area contributed by atoms with E-state index in [2.05, 4.69) is 0 Å². The molecule has 1 fully saturated rings. The van der Waals surface area contributed by atoms with E-state index in [9.17, 15) is 4.79 Å². The first-order chi connectivity index (χ1) is 13.5. The summed E-state index contributed by atoms with van der Waals surface area (Å²) < 4.78 is 6.79. The van der Waals surface area contributed by atoms with Crippen molar-refractivity contribution in [3.05, 3.63) is 52.5 Å². The highest BCUT2D eigenvalue weighted by Crippen LogP contribution is 2.34. The zero-order valence-corrected chi connectivity index (χ0v) is 18.2. The Morgan fingerprint density at radius 2 is 2.14 bits per heavy atom. The van der Waals surface area contributed by atoms with Crippen molar-refractivity contribution in [2.24, 2.45) is 0 Å². The molecule has 0 aliphatic carbocycles. The maximum atomic E-state index is 13.4. The lowest BCUT2D eigenvalue weighted by Crippen LogP contribution is -2.37. The van der Waals surface area contributed by atoms with Crippen molar-refractivity contribution >= 4 is 56.0 Å². The fourth-order valence-corrected chi connectivity index (χ4v) is 5.22. The van der Waals surface area contributed by atoms with E-state index >= 15 is 0 Å². The van der Waals surface area contributed by atoms with Crippen molar-refractivity contribution in [3.8, 4) is 0 Å². The lowest BCUT2D eigenvalue weighted by Gasteiger charge is -2.23. The Labute approximate surface area is 177 Å². The van der Waals surface area contributed by atoms with Crippen molar-refractivity contribution in [2.45, 2.75) is 30.8 Å². The third-order valence-electron chi connectivity index (χ3n) is 4.86. The highest BCUT2D eigenvalue weighted by Gasteiger charge is 2.27. The summed E-state index contributed by atoms with van der Waals surface area (Å²) in [7, 11) is 0. The molecule has 3 aromatic rings. The van der Waals surface area contributed by atoms with E-state index in [1.54, 1.807) is 16.7 Å². The van der Waals surface area contributed by atoms with Crippen molar-refractivity contribution in [1.29, 1.82) is 0 Å². The van der Waals surface area contributed by atoms with Gasteiger partial charge in [-0.05, 0) is 68.0 Å². The molecule has 1 aromatic heterocycles. The Morgan fingerprint density at radius 3 is 2.82 bits per heavy atom. The fourth-order valence-electron chi connectivity index (χ4n) is 3.39. The first-order valence-corrected chi connectivity index (χ1v) is 11.6. The number of hydrogen-bond donors (Lipinski definition) is 0. The topological polar surface area (TPSA) is 42.4 Å². The molecule has 0 radical (unpaired) electrons. The van der Waals surface area contributed by atoms with Crippen molar-refractivity contribution < 1.29 is 9.53 Å². The highest BCUT2D eigenvalue weighted by atomic mass is 35.5. The van der Waals surface area contributed by atoms with Gasteiger partial charge in [0.15, 0.2) is 5.13 Å². The predicted octanol–water partition coefficient (Wildman–Crippen LogP) is 5.81. The van der Waals surface area contributed by atoms with Crippen LogP contribution in [0.15, 0.2) is 41.3 Å². The first-order valence-electron chi connectivity index (χ1n) is 9.19. The van der Waals surface area contributed by atoms with E-state index in [-0.39, 0.29) is 12.0 Å². The molecule has 28 heavy (non-hydrogen) atoms. The minimum absolute atomic E-state index is 0.0473. The van der Waals surface area contributed by atoms with Gasteiger partial charge in [0.2, 0.25) is 0 Å². The largest absolute Gasteiger partial charge is 0.376 e. The van der Waals surface area contributed by atoms with Crippen LogP contribution in [-0.2, 0) is 4.74 Å². The summed E-state index contributed by atoms with van der Waals surface area (Å²) in [6.07, 6.45) is 4.06. The molecule has 1 atom stereocenters. The second-order valence-corrected chi connectivity index (χ2v) is 9.17. The number of aromatic nitrogens is 1. The molecule has 1 amide bonds. The molecule has 0 bridgehead atoms. The van der Waals surface area contributed by atoms with Gasteiger partial charge in [0.05, 0.1) is 22.9 Å². The Morgan fingerprint density at radius 1 is 1.36 bits per heavy atom. The number of hydrogen-bond acceptors (Lipinski definition) is 5. The average Bonchev–Trinajstić information content (AvgIpc) is 3.35. The standard InChI is InChI=1S/C21H21ClN2O2S2/c1-13-10-15(22)11-18-19(13)23-21(28-18)24(12-16-4-3-9-26-16)20(25)14-5-7-17(27-2)8-6-14/h5-8,10-11,16H,3-4,9,12H2,1-2H3. The van der Waals surface area contributed by atoms with Gasteiger partial charge in [-0.25, -0.2) is 4.98 Å². The molecule has 0 N–H and O–H groups in total.